The molecule has 0 aromatic carbocycles. The van der Waals surface area contributed by atoms with Gasteiger partial charge in [-0.1, -0.05) is 11.6 Å². The molecule has 0 saturated heterocycles. The second kappa shape index (κ2) is 5.53. The predicted molar refractivity (Wildman–Crippen MR) is 67.8 cm³/mol. The summed E-state index contributed by atoms with van der Waals surface area (Å²) in [5.74, 6) is 0.0485. The number of anilines is 1. The van der Waals surface area contributed by atoms with Crippen LogP contribution in [0.25, 0.3) is 0 Å². The molecule has 2 aromatic rings. The van der Waals surface area contributed by atoms with Gasteiger partial charge in [-0.2, -0.15) is 0 Å². The molecule has 0 fully saturated rings. The molecule has 2 heterocycles. The molecule has 9 heteroatoms. The second-order valence-corrected chi connectivity index (χ2v) is 3.98. The van der Waals surface area contributed by atoms with E-state index in [9.17, 15) is 10.1 Å². The van der Waals surface area contributed by atoms with Gasteiger partial charge >= 0.3 is 5.69 Å². The third-order valence-electron chi connectivity index (χ3n) is 2.23. The number of hydrogen-bond acceptors (Lipinski definition) is 7. The predicted octanol–water partition coefficient (Wildman–Crippen LogP) is 1.75. The van der Waals surface area contributed by atoms with Gasteiger partial charge in [0.1, 0.15) is 6.33 Å². The van der Waals surface area contributed by atoms with E-state index in [4.69, 9.17) is 11.6 Å². The van der Waals surface area contributed by atoms with Crippen LogP contribution in [0.1, 0.15) is 11.4 Å². The summed E-state index contributed by atoms with van der Waals surface area (Å²) in [4.78, 5) is 25.8. The number of hydrogen-bond donors (Lipinski definition) is 1. The van der Waals surface area contributed by atoms with Crippen molar-refractivity contribution >= 4 is 23.1 Å². The first-order valence-corrected chi connectivity index (χ1v) is 5.62. The molecule has 0 atom stereocenters. The summed E-state index contributed by atoms with van der Waals surface area (Å²) in [7, 11) is 0. The van der Waals surface area contributed by atoms with Crippen molar-refractivity contribution in [1.82, 2.24) is 19.9 Å². The van der Waals surface area contributed by atoms with Crippen LogP contribution in [0, 0.1) is 17.0 Å². The van der Waals surface area contributed by atoms with Crippen LogP contribution in [0.3, 0.4) is 0 Å². The summed E-state index contributed by atoms with van der Waals surface area (Å²) in [6, 6.07) is 0. The van der Waals surface area contributed by atoms with Gasteiger partial charge in [-0.05, 0) is 6.92 Å². The van der Waals surface area contributed by atoms with Gasteiger partial charge in [0.05, 0.1) is 29.1 Å². The molecule has 98 valence electrons. The minimum Gasteiger partial charge on any atom is -0.358 e. The largest absolute Gasteiger partial charge is 0.358 e. The van der Waals surface area contributed by atoms with Crippen molar-refractivity contribution in [3.63, 3.8) is 0 Å². The van der Waals surface area contributed by atoms with Gasteiger partial charge in [-0.3, -0.25) is 20.1 Å². The molecule has 2 rings (SSSR count). The Bertz CT molecular complexity index is 603. The Labute approximate surface area is 113 Å². The highest BCUT2D eigenvalue weighted by molar-refractivity contribution is 6.31. The first-order valence-electron chi connectivity index (χ1n) is 5.24. The van der Waals surface area contributed by atoms with Gasteiger partial charge in [0.15, 0.2) is 0 Å². The van der Waals surface area contributed by atoms with Gasteiger partial charge in [-0.25, -0.2) is 9.97 Å². The number of halogens is 1. The van der Waals surface area contributed by atoms with Crippen LogP contribution in [0.15, 0.2) is 18.7 Å². The van der Waals surface area contributed by atoms with Crippen LogP contribution >= 0.6 is 11.6 Å². The van der Waals surface area contributed by atoms with Crippen LogP contribution in [-0.2, 0) is 6.54 Å². The third kappa shape index (κ3) is 3.10. The lowest BCUT2D eigenvalue weighted by atomic mass is 10.4. The lowest BCUT2D eigenvalue weighted by Gasteiger charge is -2.05. The van der Waals surface area contributed by atoms with Crippen molar-refractivity contribution in [2.24, 2.45) is 0 Å². The molecule has 1 N–H and O–H groups in total. The van der Waals surface area contributed by atoms with E-state index in [1.54, 1.807) is 12.4 Å². The number of nitro groups is 1. The fourth-order valence-electron chi connectivity index (χ4n) is 1.33. The Hall–Kier alpha value is -2.35. The maximum atomic E-state index is 10.9. The molecule has 8 nitrogen and oxygen atoms in total. The number of nitrogens with one attached hydrogen (secondary N) is 1. The maximum absolute atomic E-state index is 10.9. The van der Waals surface area contributed by atoms with E-state index < -0.39 is 4.92 Å². The number of rotatable bonds is 4. The SMILES string of the molecule is Cc1cnc(CNc2ncnc(Cl)c2[N+](=O)[O-])cn1. The first-order chi connectivity index (χ1) is 9.08. The van der Waals surface area contributed by atoms with Crippen LogP contribution in [0.4, 0.5) is 11.5 Å². The Kier molecular flexibility index (Phi) is 3.81. The van der Waals surface area contributed by atoms with E-state index >= 15 is 0 Å². The zero-order valence-electron chi connectivity index (χ0n) is 9.87. The van der Waals surface area contributed by atoms with Crippen LogP contribution in [-0.4, -0.2) is 24.9 Å². The normalized spacial score (nSPS) is 10.2. The fraction of sp³-hybridized carbons (Fsp3) is 0.200. The Morgan fingerprint density at radius 1 is 1.32 bits per heavy atom. The Balaban J connectivity index is 2.18. The second-order valence-electron chi connectivity index (χ2n) is 3.62. The molecular weight excluding hydrogens is 272 g/mol. The summed E-state index contributed by atoms with van der Waals surface area (Å²) in [5.41, 5.74) is 1.07. The molecule has 0 spiro atoms. The van der Waals surface area contributed by atoms with Gasteiger partial charge in [0.25, 0.3) is 0 Å². The standard InChI is InChI=1S/C10H9ClN6O2/c1-6-2-13-7(3-12-6)4-14-10-8(17(18)19)9(11)15-5-16-10/h2-3,5H,4H2,1H3,(H,14,15,16). The summed E-state index contributed by atoms with van der Waals surface area (Å²) in [6.45, 7) is 2.07. The van der Waals surface area contributed by atoms with E-state index in [1.807, 2.05) is 6.92 Å². The minimum atomic E-state index is -0.633. The van der Waals surface area contributed by atoms with Crippen LogP contribution in [0.2, 0.25) is 5.15 Å². The van der Waals surface area contributed by atoms with Crippen LogP contribution in [0.5, 0.6) is 0 Å². The van der Waals surface area contributed by atoms with Crippen molar-refractivity contribution in [1.29, 1.82) is 0 Å². The molecule has 0 aliphatic heterocycles. The van der Waals surface area contributed by atoms with Gasteiger partial charge in [0, 0.05) is 6.20 Å². The summed E-state index contributed by atoms with van der Waals surface area (Å²) < 4.78 is 0. The van der Waals surface area contributed by atoms with Gasteiger partial charge in [-0.15, -0.1) is 0 Å². The molecule has 0 amide bonds. The van der Waals surface area contributed by atoms with E-state index in [-0.39, 0.29) is 23.2 Å². The average Bonchev–Trinajstić information content (AvgIpc) is 2.37. The monoisotopic (exact) mass is 280 g/mol. The Morgan fingerprint density at radius 2 is 2.11 bits per heavy atom. The summed E-state index contributed by atoms with van der Waals surface area (Å²) in [6.07, 6.45) is 4.34. The first kappa shape index (κ1) is 13.1. The zero-order valence-corrected chi connectivity index (χ0v) is 10.6. The van der Waals surface area contributed by atoms with Crippen molar-refractivity contribution in [3.05, 3.63) is 45.4 Å². The van der Waals surface area contributed by atoms with E-state index in [0.717, 1.165) is 12.0 Å². The molecule has 0 aliphatic carbocycles. The quantitative estimate of drug-likeness (QED) is 0.516. The van der Waals surface area contributed by atoms with E-state index in [0.29, 0.717) is 5.69 Å². The number of nitrogens with zero attached hydrogens (tertiary/aromatic N) is 5. The van der Waals surface area contributed by atoms with Gasteiger partial charge in [0.2, 0.25) is 11.0 Å². The maximum Gasteiger partial charge on any atom is 0.348 e. The highest BCUT2D eigenvalue weighted by Gasteiger charge is 2.21. The van der Waals surface area contributed by atoms with Gasteiger partial charge < -0.3 is 5.32 Å². The lowest BCUT2D eigenvalue weighted by Crippen LogP contribution is -2.07. The molecule has 0 saturated carbocycles. The van der Waals surface area contributed by atoms with Crippen molar-refractivity contribution < 1.29 is 4.92 Å². The Morgan fingerprint density at radius 3 is 2.74 bits per heavy atom. The molecule has 19 heavy (non-hydrogen) atoms. The molecular formula is C10H9ClN6O2. The topological polar surface area (TPSA) is 107 Å². The summed E-state index contributed by atoms with van der Waals surface area (Å²) >= 11 is 5.67. The minimum absolute atomic E-state index is 0.0485. The molecule has 0 radical (unpaired) electrons. The fourth-order valence-corrected chi connectivity index (χ4v) is 1.54. The highest BCUT2D eigenvalue weighted by Crippen LogP contribution is 2.28. The van der Waals surface area contributed by atoms with Crippen molar-refractivity contribution in [2.75, 3.05) is 5.32 Å². The van der Waals surface area contributed by atoms with Crippen molar-refractivity contribution in [2.45, 2.75) is 13.5 Å². The molecule has 0 bridgehead atoms. The van der Waals surface area contributed by atoms with E-state index in [2.05, 4.69) is 25.3 Å². The lowest BCUT2D eigenvalue weighted by molar-refractivity contribution is -0.384. The smallest absolute Gasteiger partial charge is 0.348 e. The molecule has 0 unspecified atom stereocenters. The van der Waals surface area contributed by atoms with Crippen LogP contribution < -0.4 is 5.32 Å². The highest BCUT2D eigenvalue weighted by atomic mass is 35.5. The molecule has 2 aromatic heterocycles. The van der Waals surface area contributed by atoms with Crippen molar-refractivity contribution in [3.8, 4) is 0 Å². The summed E-state index contributed by atoms with van der Waals surface area (Å²) in [5, 5.41) is 13.5. The molecule has 0 aliphatic rings. The number of aryl methyl sites for hydroxylation is 1. The number of aromatic nitrogens is 4. The average molecular weight is 281 g/mol. The third-order valence-corrected chi connectivity index (χ3v) is 2.51. The van der Waals surface area contributed by atoms with E-state index in [1.165, 1.54) is 0 Å². The zero-order chi connectivity index (χ0) is 13.8.